The zero-order valence-corrected chi connectivity index (χ0v) is 10.9. The second-order valence-electron chi connectivity index (χ2n) is 4.83. The van der Waals surface area contributed by atoms with Crippen molar-refractivity contribution in [3.8, 4) is 0 Å². The Kier molecular flexibility index (Phi) is 3.67. The van der Waals surface area contributed by atoms with E-state index in [2.05, 4.69) is 47.3 Å². The largest absolute Gasteiger partial charge is 0.385 e. The molecule has 2 rings (SSSR count). The van der Waals surface area contributed by atoms with Crippen LogP contribution in [0.4, 0.5) is 5.69 Å². The maximum atomic E-state index is 4.40. The van der Waals surface area contributed by atoms with Gasteiger partial charge in [0.25, 0.3) is 0 Å². The Hall–Kier alpha value is -1.51. The molecule has 0 aliphatic carbocycles. The van der Waals surface area contributed by atoms with Crippen LogP contribution in [0, 0.1) is 12.8 Å². The van der Waals surface area contributed by atoms with E-state index >= 15 is 0 Å². The first-order valence-corrected chi connectivity index (χ1v) is 6.39. The third kappa shape index (κ3) is 2.99. The minimum absolute atomic E-state index is 0.721. The fraction of sp³-hybridized carbons (Fsp3) is 0.500. The Morgan fingerprint density at radius 3 is 3.00 bits per heavy atom. The molecular formula is C14H21N3. The molecule has 0 amide bonds. The summed E-state index contributed by atoms with van der Waals surface area (Å²) in [5, 5.41) is 3.48. The number of hydrogen-bond acceptors (Lipinski definition) is 2. The van der Waals surface area contributed by atoms with Crippen molar-refractivity contribution < 1.29 is 0 Å². The van der Waals surface area contributed by atoms with Gasteiger partial charge in [0.1, 0.15) is 5.82 Å². The number of hydrogen-bond donors (Lipinski definition) is 2. The molecule has 1 unspecified atom stereocenters. The average Bonchev–Trinajstić information content (AvgIpc) is 2.66. The molecule has 3 nitrogen and oxygen atoms in total. The molecule has 0 fully saturated rings. The molecular weight excluding hydrogens is 210 g/mol. The van der Waals surface area contributed by atoms with Crippen LogP contribution < -0.4 is 5.32 Å². The number of aromatic amines is 1. The van der Waals surface area contributed by atoms with Gasteiger partial charge in [-0.05, 0) is 37.5 Å². The van der Waals surface area contributed by atoms with Crippen LogP contribution in [-0.2, 0) is 0 Å². The lowest BCUT2D eigenvalue weighted by Crippen LogP contribution is -2.10. The molecule has 2 aromatic rings. The number of H-pyrrole nitrogens is 1. The summed E-state index contributed by atoms with van der Waals surface area (Å²) in [7, 11) is 0. The summed E-state index contributed by atoms with van der Waals surface area (Å²) in [5.74, 6) is 1.69. The van der Waals surface area contributed by atoms with Crippen molar-refractivity contribution in [1.29, 1.82) is 0 Å². The van der Waals surface area contributed by atoms with Gasteiger partial charge >= 0.3 is 0 Å². The molecule has 1 heterocycles. The zero-order valence-electron chi connectivity index (χ0n) is 10.9. The van der Waals surface area contributed by atoms with Crippen LogP contribution in [0.1, 0.15) is 32.5 Å². The van der Waals surface area contributed by atoms with Gasteiger partial charge in [-0.3, -0.25) is 0 Å². The van der Waals surface area contributed by atoms with Gasteiger partial charge in [0, 0.05) is 12.2 Å². The Morgan fingerprint density at radius 2 is 2.24 bits per heavy atom. The number of fused-ring (bicyclic) bond motifs is 1. The highest BCUT2D eigenvalue weighted by Gasteiger charge is 2.03. The molecule has 0 aliphatic rings. The predicted octanol–water partition coefficient (Wildman–Crippen LogP) is 3.72. The molecule has 0 radical (unpaired) electrons. The van der Waals surface area contributed by atoms with Crippen LogP contribution >= 0.6 is 0 Å². The SMILES string of the molecule is CCCC(C)CNc1ccc2nc(C)[nH]c2c1. The highest BCUT2D eigenvalue weighted by molar-refractivity contribution is 5.79. The van der Waals surface area contributed by atoms with E-state index in [1.165, 1.54) is 18.5 Å². The molecule has 0 bridgehead atoms. The maximum absolute atomic E-state index is 4.40. The van der Waals surface area contributed by atoms with Gasteiger partial charge in [0.2, 0.25) is 0 Å². The highest BCUT2D eigenvalue weighted by atomic mass is 14.9. The number of rotatable bonds is 5. The molecule has 0 saturated carbocycles. The van der Waals surface area contributed by atoms with E-state index in [1.54, 1.807) is 0 Å². The van der Waals surface area contributed by atoms with E-state index < -0.39 is 0 Å². The van der Waals surface area contributed by atoms with Gasteiger partial charge in [-0.1, -0.05) is 20.3 Å². The summed E-state index contributed by atoms with van der Waals surface area (Å²) in [5.41, 5.74) is 3.31. The second kappa shape index (κ2) is 5.21. The quantitative estimate of drug-likeness (QED) is 0.823. The number of nitrogens with zero attached hydrogens (tertiary/aromatic N) is 1. The summed E-state index contributed by atoms with van der Waals surface area (Å²) < 4.78 is 0. The van der Waals surface area contributed by atoms with Crippen LogP contribution in [0.25, 0.3) is 11.0 Å². The van der Waals surface area contributed by atoms with E-state index in [-0.39, 0.29) is 0 Å². The number of benzene rings is 1. The lowest BCUT2D eigenvalue weighted by Gasteiger charge is -2.12. The van der Waals surface area contributed by atoms with Gasteiger partial charge < -0.3 is 10.3 Å². The smallest absolute Gasteiger partial charge is 0.104 e. The fourth-order valence-electron chi connectivity index (χ4n) is 2.13. The molecule has 0 saturated heterocycles. The molecule has 0 aliphatic heterocycles. The molecule has 2 N–H and O–H groups in total. The van der Waals surface area contributed by atoms with E-state index in [0.29, 0.717) is 0 Å². The van der Waals surface area contributed by atoms with E-state index in [0.717, 1.165) is 29.3 Å². The lowest BCUT2D eigenvalue weighted by atomic mass is 10.1. The first-order chi connectivity index (χ1) is 8.19. The minimum atomic E-state index is 0.721. The molecule has 3 heteroatoms. The van der Waals surface area contributed by atoms with E-state index in [9.17, 15) is 0 Å². The van der Waals surface area contributed by atoms with Crippen molar-refractivity contribution in [2.45, 2.75) is 33.6 Å². The number of imidazole rings is 1. The number of aromatic nitrogens is 2. The lowest BCUT2D eigenvalue weighted by molar-refractivity contribution is 0.551. The van der Waals surface area contributed by atoms with Crippen molar-refractivity contribution in [2.75, 3.05) is 11.9 Å². The molecule has 0 spiro atoms. The molecule has 1 aromatic heterocycles. The second-order valence-corrected chi connectivity index (χ2v) is 4.83. The van der Waals surface area contributed by atoms with Crippen molar-refractivity contribution >= 4 is 16.7 Å². The van der Waals surface area contributed by atoms with E-state index in [4.69, 9.17) is 0 Å². The van der Waals surface area contributed by atoms with Crippen LogP contribution in [0.15, 0.2) is 18.2 Å². The zero-order chi connectivity index (χ0) is 12.3. The maximum Gasteiger partial charge on any atom is 0.104 e. The Labute approximate surface area is 103 Å². The van der Waals surface area contributed by atoms with Crippen molar-refractivity contribution in [1.82, 2.24) is 9.97 Å². The summed E-state index contributed by atoms with van der Waals surface area (Å²) in [6, 6.07) is 6.29. The van der Waals surface area contributed by atoms with Crippen LogP contribution in [0.2, 0.25) is 0 Å². The minimum Gasteiger partial charge on any atom is -0.385 e. The third-order valence-corrected chi connectivity index (χ3v) is 3.04. The normalized spacial score (nSPS) is 12.9. The summed E-state index contributed by atoms with van der Waals surface area (Å²) in [6.45, 7) is 7.54. The molecule has 1 atom stereocenters. The van der Waals surface area contributed by atoms with E-state index in [1.807, 2.05) is 6.92 Å². The van der Waals surface area contributed by atoms with Gasteiger partial charge in [0.15, 0.2) is 0 Å². The highest BCUT2D eigenvalue weighted by Crippen LogP contribution is 2.17. The molecule has 92 valence electrons. The summed E-state index contributed by atoms with van der Waals surface area (Å²) in [4.78, 5) is 7.66. The topological polar surface area (TPSA) is 40.7 Å². The predicted molar refractivity (Wildman–Crippen MR) is 73.4 cm³/mol. The van der Waals surface area contributed by atoms with Gasteiger partial charge in [0.05, 0.1) is 11.0 Å². The van der Waals surface area contributed by atoms with Crippen LogP contribution in [0.5, 0.6) is 0 Å². The Morgan fingerprint density at radius 1 is 1.41 bits per heavy atom. The third-order valence-electron chi connectivity index (χ3n) is 3.04. The fourth-order valence-corrected chi connectivity index (χ4v) is 2.13. The standard InChI is InChI=1S/C14H21N3/c1-4-5-10(2)9-15-12-6-7-13-14(8-12)17-11(3)16-13/h6-8,10,15H,4-5,9H2,1-3H3,(H,16,17). The molecule has 17 heavy (non-hydrogen) atoms. The van der Waals surface area contributed by atoms with Crippen LogP contribution in [0.3, 0.4) is 0 Å². The summed E-state index contributed by atoms with van der Waals surface area (Å²) >= 11 is 0. The summed E-state index contributed by atoms with van der Waals surface area (Å²) in [6.07, 6.45) is 2.53. The van der Waals surface area contributed by atoms with Crippen molar-refractivity contribution in [2.24, 2.45) is 5.92 Å². The van der Waals surface area contributed by atoms with Crippen molar-refractivity contribution in [3.05, 3.63) is 24.0 Å². The number of anilines is 1. The van der Waals surface area contributed by atoms with Crippen molar-refractivity contribution in [3.63, 3.8) is 0 Å². The van der Waals surface area contributed by atoms with Gasteiger partial charge in [-0.25, -0.2) is 4.98 Å². The monoisotopic (exact) mass is 231 g/mol. The number of nitrogens with one attached hydrogen (secondary N) is 2. The molecule has 1 aromatic carbocycles. The van der Waals surface area contributed by atoms with Gasteiger partial charge in [-0.2, -0.15) is 0 Å². The van der Waals surface area contributed by atoms with Gasteiger partial charge in [-0.15, -0.1) is 0 Å². The Balaban J connectivity index is 2.03. The first kappa shape index (κ1) is 12.0. The Bertz CT molecular complexity index is 487. The first-order valence-electron chi connectivity index (χ1n) is 6.39. The number of aryl methyl sites for hydroxylation is 1. The average molecular weight is 231 g/mol. The van der Waals surface area contributed by atoms with Crippen LogP contribution in [-0.4, -0.2) is 16.5 Å².